The van der Waals surface area contributed by atoms with E-state index in [2.05, 4.69) is 27.7 Å². The molecule has 3 heterocycles. The molecule has 0 spiro atoms. The minimum atomic E-state index is -0.283. The van der Waals surface area contributed by atoms with Gasteiger partial charge in [0.2, 0.25) is 0 Å². The number of ether oxygens (including phenoxy) is 2. The van der Waals surface area contributed by atoms with E-state index in [0.717, 1.165) is 46.4 Å². The van der Waals surface area contributed by atoms with Crippen molar-refractivity contribution < 1.29 is 13.9 Å². The number of allylic oxidation sites excluding steroid dienone is 1. The quantitative estimate of drug-likeness (QED) is 0.711. The van der Waals surface area contributed by atoms with Crippen LogP contribution in [-0.2, 0) is 6.42 Å². The van der Waals surface area contributed by atoms with E-state index in [4.69, 9.17) is 13.9 Å². The fourth-order valence-corrected chi connectivity index (χ4v) is 3.95. The van der Waals surface area contributed by atoms with E-state index < -0.39 is 0 Å². The molecular formula is C22H24O4. The van der Waals surface area contributed by atoms with Gasteiger partial charge < -0.3 is 13.9 Å². The molecule has 2 aliphatic heterocycles. The van der Waals surface area contributed by atoms with Gasteiger partial charge >= 0.3 is 5.63 Å². The molecule has 1 unspecified atom stereocenters. The first kappa shape index (κ1) is 17.0. The summed E-state index contributed by atoms with van der Waals surface area (Å²) in [5.41, 5.74) is 6.20. The monoisotopic (exact) mass is 352 g/mol. The van der Waals surface area contributed by atoms with Crippen LogP contribution in [0, 0.1) is 6.92 Å². The van der Waals surface area contributed by atoms with Gasteiger partial charge in [0.25, 0.3) is 0 Å². The highest BCUT2D eigenvalue weighted by Gasteiger charge is 2.32. The predicted octanol–water partition coefficient (Wildman–Crippen LogP) is 5.03. The van der Waals surface area contributed by atoms with Crippen LogP contribution in [0.3, 0.4) is 0 Å². The molecule has 26 heavy (non-hydrogen) atoms. The first-order chi connectivity index (χ1) is 12.5. The molecule has 0 saturated carbocycles. The van der Waals surface area contributed by atoms with Gasteiger partial charge in [0.1, 0.15) is 24.2 Å². The van der Waals surface area contributed by atoms with E-state index in [1.54, 1.807) is 0 Å². The topological polar surface area (TPSA) is 48.7 Å². The van der Waals surface area contributed by atoms with Crippen LogP contribution in [0.15, 0.2) is 20.9 Å². The molecule has 0 bridgehead atoms. The van der Waals surface area contributed by atoms with Crippen molar-refractivity contribution in [3.05, 3.63) is 44.3 Å². The molecule has 4 heteroatoms. The summed E-state index contributed by atoms with van der Waals surface area (Å²) in [4.78, 5) is 12.5. The van der Waals surface area contributed by atoms with Crippen molar-refractivity contribution in [1.82, 2.24) is 0 Å². The number of fused-ring (bicyclic) bond motifs is 6. The number of benzene rings is 1. The van der Waals surface area contributed by atoms with Crippen LogP contribution in [0.4, 0.5) is 0 Å². The second-order valence-corrected chi connectivity index (χ2v) is 7.18. The third kappa shape index (κ3) is 2.24. The van der Waals surface area contributed by atoms with Gasteiger partial charge in [-0.15, -0.1) is 0 Å². The van der Waals surface area contributed by atoms with Gasteiger partial charge in [-0.1, -0.05) is 13.3 Å². The number of hydrogen-bond acceptors (Lipinski definition) is 4. The van der Waals surface area contributed by atoms with E-state index in [-0.39, 0.29) is 11.7 Å². The van der Waals surface area contributed by atoms with Crippen molar-refractivity contribution in [3.8, 4) is 11.5 Å². The molecule has 0 saturated heterocycles. The summed E-state index contributed by atoms with van der Waals surface area (Å²) >= 11 is 0. The van der Waals surface area contributed by atoms with Gasteiger partial charge in [-0.3, -0.25) is 0 Å². The Kier molecular flexibility index (Phi) is 3.94. The Labute approximate surface area is 153 Å². The average molecular weight is 352 g/mol. The molecule has 1 atom stereocenters. The third-order valence-electron chi connectivity index (χ3n) is 5.63. The first-order valence-electron chi connectivity index (χ1n) is 9.25. The maximum absolute atomic E-state index is 12.5. The molecule has 1 aromatic carbocycles. The zero-order valence-electron chi connectivity index (χ0n) is 16.0. The predicted molar refractivity (Wildman–Crippen MR) is 104 cm³/mol. The van der Waals surface area contributed by atoms with Gasteiger partial charge in [0, 0.05) is 5.56 Å². The van der Waals surface area contributed by atoms with Crippen molar-refractivity contribution in [2.75, 3.05) is 6.61 Å². The van der Waals surface area contributed by atoms with Crippen LogP contribution >= 0.6 is 0 Å². The Hall–Kier alpha value is -2.49. The van der Waals surface area contributed by atoms with Crippen LogP contribution < -0.4 is 15.1 Å². The molecule has 4 nitrogen and oxygen atoms in total. The minimum Gasteiger partial charge on any atom is -0.488 e. The van der Waals surface area contributed by atoms with Crippen LogP contribution in [0.2, 0.25) is 0 Å². The van der Waals surface area contributed by atoms with Gasteiger partial charge in [-0.2, -0.15) is 0 Å². The van der Waals surface area contributed by atoms with Gasteiger partial charge in [0.15, 0.2) is 5.58 Å². The standard InChI is InChI=1S/C22H24O4/c1-6-8-15-13(4)22(23)26-20-16-9-7-10-24-19(16)17-12(3)11(2)14(5)25-21(17)18(15)20/h7,9,14H,6,8,10H2,1-5H3. The number of hydrogen-bond donors (Lipinski definition) is 0. The van der Waals surface area contributed by atoms with Crippen molar-refractivity contribution in [2.45, 2.75) is 53.6 Å². The second-order valence-electron chi connectivity index (χ2n) is 7.18. The summed E-state index contributed by atoms with van der Waals surface area (Å²) in [6.07, 6.45) is 5.68. The Bertz CT molecular complexity index is 1040. The molecule has 0 fully saturated rings. The highest BCUT2D eigenvalue weighted by Crippen LogP contribution is 2.50. The van der Waals surface area contributed by atoms with Crippen molar-refractivity contribution in [1.29, 1.82) is 0 Å². The number of aryl methyl sites for hydroxylation is 1. The molecule has 4 rings (SSSR count). The normalized spacial score (nSPS) is 18.4. The molecule has 0 amide bonds. The van der Waals surface area contributed by atoms with E-state index >= 15 is 0 Å². The van der Waals surface area contributed by atoms with Crippen molar-refractivity contribution in [3.63, 3.8) is 0 Å². The maximum atomic E-state index is 12.5. The Morgan fingerprint density at radius 3 is 2.69 bits per heavy atom. The summed E-state index contributed by atoms with van der Waals surface area (Å²) < 4.78 is 18.1. The summed E-state index contributed by atoms with van der Waals surface area (Å²) in [7, 11) is 0. The Morgan fingerprint density at radius 2 is 1.96 bits per heavy atom. The zero-order chi connectivity index (χ0) is 18.6. The molecule has 2 aliphatic rings. The number of rotatable bonds is 2. The smallest absolute Gasteiger partial charge is 0.339 e. The fourth-order valence-electron chi connectivity index (χ4n) is 3.95. The summed E-state index contributed by atoms with van der Waals surface area (Å²) in [5, 5.41) is 0.923. The largest absolute Gasteiger partial charge is 0.488 e. The van der Waals surface area contributed by atoms with E-state index in [1.807, 2.05) is 19.1 Å². The molecule has 0 aliphatic carbocycles. The van der Waals surface area contributed by atoms with Gasteiger partial charge in [-0.05, 0) is 63.0 Å². The average Bonchev–Trinajstić information content (AvgIpc) is 2.63. The Morgan fingerprint density at radius 1 is 1.19 bits per heavy atom. The molecule has 0 radical (unpaired) electrons. The van der Waals surface area contributed by atoms with E-state index in [1.165, 1.54) is 11.1 Å². The minimum absolute atomic E-state index is 0.0235. The Balaban J connectivity index is 2.25. The highest BCUT2D eigenvalue weighted by molar-refractivity contribution is 6.02. The van der Waals surface area contributed by atoms with E-state index in [9.17, 15) is 4.79 Å². The fraction of sp³-hybridized carbons (Fsp3) is 0.409. The molecule has 2 aromatic rings. The SMILES string of the molecule is CCCc1c(C)c(=O)oc2c3c(c4c(c12)OC(C)C(C)=C4C)OCC=C3. The van der Waals surface area contributed by atoms with E-state index in [0.29, 0.717) is 17.8 Å². The lowest BCUT2D eigenvalue weighted by Gasteiger charge is -2.31. The molecule has 136 valence electrons. The molecule has 1 aromatic heterocycles. The van der Waals surface area contributed by atoms with Crippen LogP contribution in [-0.4, -0.2) is 12.7 Å². The maximum Gasteiger partial charge on any atom is 0.339 e. The lowest BCUT2D eigenvalue weighted by molar-refractivity contribution is 0.252. The molecule has 0 N–H and O–H groups in total. The van der Waals surface area contributed by atoms with Crippen LogP contribution in [0.5, 0.6) is 11.5 Å². The van der Waals surface area contributed by atoms with Crippen molar-refractivity contribution >= 4 is 22.6 Å². The zero-order valence-corrected chi connectivity index (χ0v) is 16.0. The lowest BCUT2D eigenvalue weighted by Crippen LogP contribution is -2.22. The second kappa shape index (κ2) is 6.04. The van der Waals surface area contributed by atoms with Crippen molar-refractivity contribution in [2.24, 2.45) is 0 Å². The summed E-state index contributed by atoms with van der Waals surface area (Å²) in [6.45, 7) is 10.7. The third-order valence-corrected chi connectivity index (χ3v) is 5.63. The summed E-state index contributed by atoms with van der Waals surface area (Å²) in [6, 6.07) is 0. The van der Waals surface area contributed by atoms with Gasteiger partial charge in [-0.25, -0.2) is 4.79 Å². The van der Waals surface area contributed by atoms with Crippen LogP contribution in [0.1, 0.15) is 56.4 Å². The first-order valence-corrected chi connectivity index (χ1v) is 9.25. The molecular weight excluding hydrogens is 328 g/mol. The van der Waals surface area contributed by atoms with Crippen LogP contribution in [0.25, 0.3) is 22.6 Å². The summed E-state index contributed by atoms with van der Waals surface area (Å²) in [5.74, 6) is 1.55. The lowest BCUT2D eigenvalue weighted by atomic mass is 9.88. The van der Waals surface area contributed by atoms with Gasteiger partial charge in [0.05, 0.1) is 16.5 Å². The highest BCUT2D eigenvalue weighted by atomic mass is 16.5.